The Labute approximate surface area is 135 Å². The lowest BCUT2D eigenvalue weighted by atomic mass is 10.0. The van der Waals surface area contributed by atoms with Gasteiger partial charge in [-0.25, -0.2) is 0 Å². The minimum atomic E-state index is -0.224. The highest BCUT2D eigenvalue weighted by molar-refractivity contribution is 6.01. The van der Waals surface area contributed by atoms with Crippen molar-refractivity contribution in [3.63, 3.8) is 0 Å². The van der Waals surface area contributed by atoms with Gasteiger partial charge in [0.1, 0.15) is 11.9 Å². The number of para-hydroxylation sites is 1. The molecule has 2 aromatic rings. The van der Waals surface area contributed by atoms with Gasteiger partial charge >= 0.3 is 0 Å². The standard InChI is InChI=1S/C18H20N2O3/c1-22-12-11-20-17(13-7-9-14(23-2)10-8-13)19-16-6-4-3-5-15(16)18(20)21/h3-10,17,19H,11-12H2,1-2H3/t17-/m0/s1. The van der Waals surface area contributed by atoms with E-state index in [0.29, 0.717) is 18.7 Å². The first-order valence-corrected chi connectivity index (χ1v) is 7.54. The summed E-state index contributed by atoms with van der Waals surface area (Å²) in [6.07, 6.45) is -0.224. The fourth-order valence-electron chi connectivity index (χ4n) is 2.76. The van der Waals surface area contributed by atoms with E-state index in [1.54, 1.807) is 19.1 Å². The summed E-state index contributed by atoms with van der Waals surface area (Å²) < 4.78 is 10.4. The van der Waals surface area contributed by atoms with E-state index in [4.69, 9.17) is 9.47 Å². The molecule has 23 heavy (non-hydrogen) atoms. The van der Waals surface area contributed by atoms with Crippen molar-refractivity contribution >= 4 is 11.6 Å². The lowest BCUT2D eigenvalue weighted by Crippen LogP contribution is -2.44. The van der Waals surface area contributed by atoms with Crippen LogP contribution in [-0.4, -0.2) is 38.2 Å². The molecule has 0 aromatic heterocycles. The number of nitrogens with one attached hydrogen (secondary N) is 1. The Bertz CT molecular complexity index is 685. The summed E-state index contributed by atoms with van der Waals surface area (Å²) in [6, 6.07) is 15.3. The van der Waals surface area contributed by atoms with E-state index in [-0.39, 0.29) is 12.1 Å². The molecule has 0 radical (unpaired) electrons. The quantitative estimate of drug-likeness (QED) is 0.922. The number of methoxy groups -OCH3 is 2. The monoisotopic (exact) mass is 312 g/mol. The van der Waals surface area contributed by atoms with Crippen molar-refractivity contribution in [1.29, 1.82) is 0 Å². The third kappa shape index (κ3) is 3.00. The van der Waals surface area contributed by atoms with Crippen LogP contribution in [0.5, 0.6) is 5.75 Å². The molecule has 0 saturated carbocycles. The number of rotatable bonds is 5. The number of nitrogens with zero attached hydrogens (tertiary/aromatic N) is 1. The van der Waals surface area contributed by atoms with Crippen molar-refractivity contribution in [2.45, 2.75) is 6.17 Å². The molecule has 0 unspecified atom stereocenters. The lowest BCUT2D eigenvalue weighted by molar-refractivity contribution is 0.0609. The molecule has 0 aliphatic carbocycles. The van der Waals surface area contributed by atoms with Gasteiger partial charge in [0.15, 0.2) is 0 Å². The zero-order valence-corrected chi connectivity index (χ0v) is 13.3. The molecule has 1 N–H and O–H groups in total. The first-order valence-electron chi connectivity index (χ1n) is 7.54. The maximum absolute atomic E-state index is 12.8. The second kappa shape index (κ2) is 6.71. The van der Waals surface area contributed by atoms with Crippen molar-refractivity contribution in [2.24, 2.45) is 0 Å². The van der Waals surface area contributed by atoms with Gasteiger partial charge < -0.3 is 19.7 Å². The molecule has 0 spiro atoms. The Morgan fingerprint density at radius 3 is 2.52 bits per heavy atom. The molecule has 0 fully saturated rings. The van der Waals surface area contributed by atoms with E-state index in [0.717, 1.165) is 17.0 Å². The van der Waals surface area contributed by atoms with E-state index in [1.807, 2.05) is 48.5 Å². The highest BCUT2D eigenvalue weighted by atomic mass is 16.5. The number of amides is 1. The minimum absolute atomic E-state index is 0.0113. The lowest BCUT2D eigenvalue weighted by Gasteiger charge is -2.38. The van der Waals surface area contributed by atoms with Crippen LogP contribution >= 0.6 is 0 Å². The summed E-state index contributed by atoms with van der Waals surface area (Å²) >= 11 is 0. The fraction of sp³-hybridized carbons (Fsp3) is 0.278. The zero-order chi connectivity index (χ0) is 16.2. The highest BCUT2D eigenvalue weighted by Crippen LogP contribution is 2.33. The van der Waals surface area contributed by atoms with E-state index in [9.17, 15) is 4.79 Å². The van der Waals surface area contributed by atoms with Crippen molar-refractivity contribution in [3.05, 3.63) is 59.7 Å². The number of ether oxygens (including phenoxy) is 2. The molecule has 0 saturated heterocycles. The van der Waals surface area contributed by atoms with Gasteiger partial charge in [-0.15, -0.1) is 0 Å². The van der Waals surface area contributed by atoms with E-state index in [2.05, 4.69) is 5.32 Å². The summed E-state index contributed by atoms with van der Waals surface area (Å²) in [6.45, 7) is 1.01. The summed E-state index contributed by atoms with van der Waals surface area (Å²) in [4.78, 5) is 14.6. The molecular formula is C18H20N2O3. The van der Waals surface area contributed by atoms with Crippen molar-refractivity contribution in [3.8, 4) is 5.75 Å². The molecule has 3 rings (SSSR count). The number of hydrogen-bond donors (Lipinski definition) is 1. The van der Waals surface area contributed by atoms with Gasteiger partial charge in [-0.05, 0) is 29.8 Å². The smallest absolute Gasteiger partial charge is 0.257 e. The number of fused-ring (bicyclic) bond motifs is 1. The van der Waals surface area contributed by atoms with Crippen molar-refractivity contribution < 1.29 is 14.3 Å². The third-order valence-electron chi connectivity index (χ3n) is 3.99. The number of carbonyl (C=O) groups excluding carboxylic acids is 1. The van der Waals surface area contributed by atoms with Gasteiger partial charge in [-0.1, -0.05) is 24.3 Å². The normalized spacial score (nSPS) is 16.7. The Hall–Kier alpha value is -2.53. The van der Waals surface area contributed by atoms with E-state index in [1.165, 1.54) is 0 Å². The van der Waals surface area contributed by atoms with Gasteiger partial charge in [0.2, 0.25) is 0 Å². The van der Waals surface area contributed by atoms with Crippen LogP contribution in [0, 0.1) is 0 Å². The third-order valence-corrected chi connectivity index (χ3v) is 3.99. The molecule has 120 valence electrons. The molecule has 5 nitrogen and oxygen atoms in total. The zero-order valence-electron chi connectivity index (χ0n) is 13.3. The van der Waals surface area contributed by atoms with Gasteiger partial charge in [0.25, 0.3) is 5.91 Å². The molecule has 1 amide bonds. The average Bonchev–Trinajstić information content (AvgIpc) is 2.61. The fourth-order valence-corrected chi connectivity index (χ4v) is 2.76. The number of carbonyl (C=O) groups is 1. The van der Waals surface area contributed by atoms with Crippen LogP contribution in [0.25, 0.3) is 0 Å². The average molecular weight is 312 g/mol. The second-order valence-electron chi connectivity index (χ2n) is 5.36. The van der Waals surface area contributed by atoms with E-state index < -0.39 is 0 Å². The van der Waals surface area contributed by atoms with Crippen LogP contribution in [0.1, 0.15) is 22.1 Å². The molecule has 1 aliphatic heterocycles. The van der Waals surface area contributed by atoms with Gasteiger partial charge in [-0.2, -0.15) is 0 Å². The summed E-state index contributed by atoms with van der Waals surface area (Å²) in [5, 5.41) is 3.45. The summed E-state index contributed by atoms with van der Waals surface area (Å²) in [5.41, 5.74) is 2.55. The second-order valence-corrected chi connectivity index (χ2v) is 5.36. The Morgan fingerprint density at radius 1 is 1.09 bits per heavy atom. The van der Waals surface area contributed by atoms with Crippen LogP contribution in [-0.2, 0) is 4.74 Å². The number of benzene rings is 2. The first-order chi connectivity index (χ1) is 11.2. The predicted molar refractivity (Wildman–Crippen MR) is 88.7 cm³/mol. The van der Waals surface area contributed by atoms with Gasteiger partial charge in [0, 0.05) is 19.3 Å². The van der Waals surface area contributed by atoms with Crippen molar-refractivity contribution in [1.82, 2.24) is 4.90 Å². The molecule has 5 heteroatoms. The van der Waals surface area contributed by atoms with Crippen LogP contribution in [0.3, 0.4) is 0 Å². The first kappa shape index (κ1) is 15.4. The Morgan fingerprint density at radius 2 is 1.83 bits per heavy atom. The minimum Gasteiger partial charge on any atom is -0.497 e. The Balaban J connectivity index is 1.96. The van der Waals surface area contributed by atoms with Crippen molar-refractivity contribution in [2.75, 3.05) is 32.7 Å². The highest BCUT2D eigenvalue weighted by Gasteiger charge is 2.32. The largest absolute Gasteiger partial charge is 0.497 e. The SMILES string of the molecule is COCCN1C(=O)c2ccccc2N[C@@H]1c1ccc(OC)cc1. The van der Waals surface area contributed by atoms with Gasteiger partial charge in [0.05, 0.1) is 19.3 Å². The maximum atomic E-state index is 12.8. The molecule has 1 atom stereocenters. The van der Waals surface area contributed by atoms with Crippen LogP contribution in [0.2, 0.25) is 0 Å². The number of anilines is 1. The molecular weight excluding hydrogens is 292 g/mol. The number of hydrogen-bond acceptors (Lipinski definition) is 4. The van der Waals surface area contributed by atoms with Crippen LogP contribution < -0.4 is 10.1 Å². The molecule has 1 heterocycles. The molecule has 0 bridgehead atoms. The Kier molecular flexibility index (Phi) is 4.48. The van der Waals surface area contributed by atoms with Crippen LogP contribution in [0.4, 0.5) is 5.69 Å². The molecule has 1 aliphatic rings. The summed E-state index contributed by atoms with van der Waals surface area (Å²) in [5.74, 6) is 0.803. The van der Waals surface area contributed by atoms with E-state index >= 15 is 0 Å². The molecule has 2 aromatic carbocycles. The maximum Gasteiger partial charge on any atom is 0.257 e. The van der Waals surface area contributed by atoms with Gasteiger partial charge in [-0.3, -0.25) is 4.79 Å². The topological polar surface area (TPSA) is 50.8 Å². The summed E-state index contributed by atoms with van der Waals surface area (Å²) in [7, 11) is 3.27. The van der Waals surface area contributed by atoms with Crippen LogP contribution in [0.15, 0.2) is 48.5 Å². The predicted octanol–water partition coefficient (Wildman–Crippen LogP) is 2.91.